The molecule has 0 N–H and O–H groups in total. The highest BCUT2D eigenvalue weighted by molar-refractivity contribution is 6.15. The van der Waals surface area contributed by atoms with Crippen molar-refractivity contribution in [2.24, 2.45) is 10.9 Å². The highest BCUT2D eigenvalue weighted by atomic mass is 19.1. The first-order valence-corrected chi connectivity index (χ1v) is 10.5. The SMILES string of the molecule is CC(C)C1N=C(c2ccccc2)c2c(F)cc(F)cc2-n2c1nnc2N1CCOCC1. The summed E-state index contributed by atoms with van der Waals surface area (Å²) in [6, 6.07) is 11.3. The van der Waals surface area contributed by atoms with Crippen LogP contribution in [0.25, 0.3) is 5.69 Å². The number of aromatic nitrogens is 3. The molecule has 1 saturated heterocycles. The molecule has 0 aliphatic carbocycles. The first-order chi connectivity index (χ1) is 15.0. The quantitative estimate of drug-likeness (QED) is 0.641. The van der Waals surface area contributed by atoms with Gasteiger partial charge in [0.25, 0.3) is 0 Å². The molecule has 6 nitrogen and oxygen atoms in total. The summed E-state index contributed by atoms with van der Waals surface area (Å²) in [7, 11) is 0. The van der Waals surface area contributed by atoms with E-state index in [-0.39, 0.29) is 17.5 Å². The van der Waals surface area contributed by atoms with Crippen LogP contribution in [0.15, 0.2) is 47.5 Å². The molecule has 31 heavy (non-hydrogen) atoms. The molecule has 2 aliphatic heterocycles. The van der Waals surface area contributed by atoms with Crippen molar-refractivity contribution in [3.8, 4) is 5.69 Å². The summed E-state index contributed by atoms with van der Waals surface area (Å²) >= 11 is 0. The van der Waals surface area contributed by atoms with Gasteiger partial charge in [-0.1, -0.05) is 44.2 Å². The fourth-order valence-electron chi connectivity index (χ4n) is 4.17. The van der Waals surface area contributed by atoms with Gasteiger partial charge in [-0.2, -0.15) is 0 Å². The van der Waals surface area contributed by atoms with Crippen LogP contribution in [0.3, 0.4) is 0 Å². The number of aliphatic imine (C=N–C) groups is 1. The molecule has 0 spiro atoms. The number of hydrogen-bond acceptors (Lipinski definition) is 5. The smallest absolute Gasteiger partial charge is 0.232 e. The van der Waals surface area contributed by atoms with Crippen LogP contribution in [0.1, 0.15) is 36.8 Å². The first kappa shape index (κ1) is 19.8. The summed E-state index contributed by atoms with van der Waals surface area (Å²) < 4.78 is 37.1. The number of anilines is 1. The van der Waals surface area contributed by atoms with Crippen LogP contribution in [0.5, 0.6) is 0 Å². The van der Waals surface area contributed by atoms with Crippen LogP contribution in [0.4, 0.5) is 14.7 Å². The van der Waals surface area contributed by atoms with Crippen molar-refractivity contribution in [2.75, 3.05) is 31.2 Å². The summed E-state index contributed by atoms with van der Waals surface area (Å²) in [6.45, 7) is 6.46. The number of rotatable bonds is 3. The third-order valence-electron chi connectivity index (χ3n) is 5.69. The lowest BCUT2D eigenvalue weighted by molar-refractivity contribution is 0.122. The van der Waals surface area contributed by atoms with E-state index < -0.39 is 11.6 Å². The summed E-state index contributed by atoms with van der Waals surface area (Å²) in [6.07, 6.45) is 0. The van der Waals surface area contributed by atoms with Crippen molar-refractivity contribution < 1.29 is 13.5 Å². The number of benzene rings is 2. The Morgan fingerprint density at radius 3 is 2.48 bits per heavy atom. The predicted octanol–water partition coefficient (Wildman–Crippen LogP) is 3.93. The summed E-state index contributed by atoms with van der Waals surface area (Å²) in [5.74, 6) is -0.108. The molecule has 3 aromatic rings. The van der Waals surface area contributed by atoms with E-state index in [2.05, 4.69) is 10.2 Å². The molecule has 0 amide bonds. The average Bonchev–Trinajstić information content (AvgIpc) is 3.14. The molecule has 1 atom stereocenters. The molecular formula is C23H23F2N5O. The van der Waals surface area contributed by atoms with E-state index in [0.29, 0.717) is 49.5 Å². The predicted molar refractivity (Wildman–Crippen MR) is 114 cm³/mol. The number of morpholine rings is 1. The highest BCUT2D eigenvalue weighted by Gasteiger charge is 2.34. The molecule has 8 heteroatoms. The van der Waals surface area contributed by atoms with Gasteiger partial charge in [0.15, 0.2) is 5.82 Å². The van der Waals surface area contributed by atoms with Gasteiger partial charge in [0.2, 0.25) is 5.95 Å². The van der Waals surface area contributed by atoms with Crippen LogP contribution in [-0.4, -0.2) is 46.8 Å². The van der Waals surface area contributed by atoms with Crippen LogP contribution in [0, 0.1) is 17.6 Å². The minimum Gasteiger partial charge on any atom is -0.378 e. The summed E-state index contributed by atoms with van der Waals surface area (Å²) in [5, 5.41) is 8.88. The van der Waals surface area contributed by atoms with Gasteiger partial charge in [0.1, 0.15) is 17.7 Å². The zero-order valence-corrected chi connectivity index (χ0v) is 17.4. The second-order valence-corrected chi connectivity index (χ2v) is 8.11. The number of halogens is 2. The first-order valence-electron chi connectivity index (χ1n) is 10.5. The minimum atomic E-state index is -0.658. The molecule has 0 radical (unpaired) electrons. The zero-order chi connectivity index (χ0) is 21.5. The Balaban J connectivity index is 1.81. The van der Waals surface area contributed by atoms with Gasteiger partial charge in [0.05, 0.1) is 30.2 Å². The average molecular weight is 423 g/mol. The highest BCUT2D eigenvalue weighted by Crippen LogP contribution is 2.37. The third kappa shape index (κ3) is 3.40. The Hall–Kier alpha value is -3.13. The maximum atomic E-state index is 15.3. The topological polar surface area (TPSA) is 55.5 Å². The van der Waals surface area contributed by atoms with Crippen molar-refractivity contribution in [2.45, 2.75) is 19.9 Å². The summed E-state index contributed by atoms with van der Waals surface area (Å²) in [4.78, 5) is 7.00. The molecule has 1 unspecified atom stereocenters. The maximum absolute atomic E-state index is 15.3. The molecule has 1 aromatic heterocycles. The van der Waals surface area contributed by atoms with Gasteiger partial charge >= 0.3 is 0 Å². The van der Waals surface area contributed by atoms with Crippen LogP contribution >= 0.6 is 0 Å². The molecule has 5 rings (SSSR count). The molecule has 1 fully saturated rings. The second kappa shape index (κ2) is 7.85. The Bertz CT molecular complexity index is 1140. The lowest BCUT2D eigenvalue weighted by Crippen LogP contribution is -2.38. The van der Waals surface area contributed by atoms with E-state index in [1.165, 1.54) is 6.07 Å². The lowest BCUT2D eigenvalue weighted by atomic mass is 9.99. The molecule has 2 aliphatic rings. The fourth-order valence-corrected chi connectivity index (χ4v) is 4.17. The van der Waals surface area contributed by atoms with E-state index >= 15 is 4.39 Å². The van der Waals surface area contributed by atoms with Crippen molar-refractivity contribution in [3.63, 3.8) is 0 Å². The van der Waals surface area contributed by atoms with E-state index in [1.54, 1.807) is 4.57 Å². The fraction of sp³-hybridized carbons (Fsp3) is 0.348. The summed E-state index contributed by atoms with van der Waals surface area (Å²) in [5.41, 5.74) is 1.88. The number of ether oxygens (including phenoxy) is 1. The van der Waals surface area contributed by atoms with Crippen molar-refractivity contribution >= 4 is 11.7 Å². The number of fused-ring (bicyclic) bond motifs is 3. The van der Waals surface area contributed by atoms with E-state index in [9.17, 15) is 4.39 Å². The molecule has 0 bridgehead atoms. The lowest BCUT2D eigenvalue weighted by Gasteiger charge is -2.28. The third-order valence-corrected chi connectivity index (χ3v) is 5.69. The Kier molecular flexibility index (Phi) is 5.02. The van der Waals surface area contributed by atoms with Gasteiger partial charge < -0.3 is 9.64 Å². The van der Waals surface area contributed by atoms with Gasteiger partial charge in [-0.15, -0.1) is 10.2 Å². The zero-order valence-electron chi connectivity index (χ0n) is 17.4. The van der Waals surface area contributed by atoms with E-state index in [0.717, 1.165) is 11.6 Å². The Morgan fingerprint density at radius 2 is 1.77 bits per heavy atom. The van der Waals surface area contributed by atoms with Crippen molar-refractivity contribution in [1.82, 2.24) is 14.8 Å². The van der Waals surface area contributed by atoms with Crippen molar-refractivity contribution in [3.05, 3.63) is 71.1 Å². The molecule has 160 valence electrons. The molecule has 3 heterocycles. The van der Waals surface area contributed by atoms with Gasteiger partial charge in [-0.3, -0.25) is 9.56 Å². The maximum Gasteiger partial charge on any atom is 0.232 e. The van der Waals surface area contributed by atoms with Crippen molar-refractivity contribution in [1.29, 1.82) is 0 Å². The van der Waals surface area contributed by atoms with Gasteiger partial charge in [-0.05, 0) is 12.0 Å². The molecule has 0 saturated carbocycles. The Labute approximate surface area is 179 Å². The monoisotopic (exact) mass is 423 g/mol. The standard InChI is InChI=1S/C23H23F2N5O/c1-14(2)20-22-27-28-23(29-8-10-31-11-9-29)30(22)18-13-16(24)12-17(25)19(18)21(26-20)15-6-4-3-5-7-15/h3-7,12-14,20H,8-11H2,1-2H3. The van der Waals surface area contributed by atoms with Crippen LogP contribution in [-0.2, 0) is 4.74 Å². The largest absolute Gasteiger partial charge is 0.378 e. The van der Waals surface area contributed by atoms with Gasteiger partial charge in [0, 0.05) is 24.7 Å². The number of nitrogens with zero attached hydrogens (tertiary/aromatic N) is 5. The number of hydrogen-bond donors (Lipinski definition) is 0. The van der Waals surface area contributed by atoms with Crippen LogP contribution in [0.2, 0.25) is 0 Å². The van der Waals surface area contributed by atoms with Gasteiger partial charge in [-0.25, -0.2) is 8.78 Å². The van der Waals surface area contributed by atoms with E-state index in [4.69, 9.17) is 9.73 Å². The second-order valence-electron chi connectivity index (χ2n) is 8.11. The minimum absolute atomic E-state index is 0.0708. The Morgan fingerprint density at radius 1 is 1.03 bits per heavy atom. The molecule has 2 aromatic carbocycles. The molecular weight excluding hydrogens is 400 g/mol. The normalized spacial score (nSPS) is 18.4. The van der Waals surface area contributed by atoms with Crippen LogP contribution < -0.4 is 4.90 Å². The van der Waals surface area contributed by atoms with E-state index in [1.807, 2.05) is 49.1 Å².